The van der Waals surface area contributed by atoms with Crippen LogP contribution < -0.4 is 0 Å². The van der Waals surface area contributed by atoms with E-state index in [1.165, 1.54) is 31.4 Å². The fraction of sp³-hybridized carbons (Fsp3) is 0.455. The maximum atomic E-state index is 9.68. The summed E-state index contributed by atoms with van der Waals surface area (Å²) in [5.41, 5.74) is 4.64. The predicted octanol–water partition coefficient (Wildman–Crippen LogP) is 8.62. The molecule has 0 aliphatic carbocycles. The van der Waals surface area contributed by atoms with Crippen LogP contribution in [0.1, 0.15) is 92.3 Å². The van der Waals surface area contributed by atoms with E-state index >= 15 is 0 Å². The molecule has 0 spiro atoms. The van der Waals surface area contributed by atoms with Crippen molar-refractivity contribution in [2.24, 2.45) is 0 Å². The summed E-state index contributed by atoms with van der Waals surface area (Å²) in [6, 6.07) is 27.8. The Morgan fingerprint density at radius 2 is 0.789 bits per heavy atom. The smallest absolute Gasteiger partial charge is 0.166 e. The monoisotopic (exact) mass is 554 g/mol. The summed E-state index contributed by atoms with van der Waals surface area (Å²) in [6.07, 6.45) is 0.409. The van der Waals surface area contributed by atoms with Gasteiger partial charge in [0.25, 0.3) is 0 Å². The van der Waals surface area contributed by atoms with E-state index in [0.29, 0.717) is 6.42 Å². The summed E-state index contributed by atoms with van der Waals surface area (Å²) < 4.78 is 29.0. The topological polar surface area (TPSA) is 57.2 Å². The molecule has 0 atom stereocenters. The molecule has 0 aliphatic heterocycles. The van der Waals surface area contributed by atoms with Crippen LogP contribution in [0.4, 0.5) is 0 Å². The van der Waals surface area contributed by atoms with Crippen molar-refractivity contribution in [3.63, 3.8) is 0 Å². The van der Waals surface area contributed by atoms with E-state index in [9.17, 15) is 13.0 Å². The molecule has 0 amide bonds. The molecule has 0 N–H and O–H groups in total. The van der Waals surface area contributed by atoms with Crippen LogP contribution in [0.5, 0.6) is 0 Å². The Balaban J connectivity index is 0.000000638. The molecule has 5 heteroatoms. The minimum absolute atomic E-state index is 0.120. The average molecular weight is 555 g/mol. The lowest BCUT2D eigenvalue weighted by Crippen LogP contribution is -2.13. The lowest BCUT2D eigenvalue weighted by molar-refractivity contribution is 0.462. The molecule has 0 aromatic heterocycles. The Bertz CT molecular complexity index is 1120. The first-order chi connectivity index (χ1) is 17.3. The zero-order chi connectivity index (χ0) is 28.9. The molecular formula is C33H46O3S2. The molecular weight excluding hydrogens is 508 g/mol. The van der Waals surface area contributed by atoms with Gasteiger partial charge in [0.2, 0.25) is 0 Å². The van der Waals surface area contributed by atoms with Crippen LogP contribution in [0.15, 0.2) is 87.5 Å². The lowest BCUT2D eigenvalue weighted by Gasteiger charge is -2.21. The van der Waals surface area contributed by atoms with Crippen molar-refractivity contribution in [1.29, 1.82) is 0 Å². The van der Waals surface area contributed by atoms with Gasteiger partial charge in [-0.15, -0.1) is 0 Å². The molecule has 0 unspecified atom stereocenters. The highest BCUT2D eigenvalue weighted by Gasteiger charge is 2.30. The van der Waals surface area contributed by atoms with Crippen LogP contribution in [0.25, 0.3) is 0 Å². The van der Waals surface area contributed by atoms with Crippen LogP contribution in [0.2, 0.25) is 0 Å². The van der Waals surface area contributed by atoms with Crippen molar-refractivity contribution in [1.82, 2.24) is 0 Å². The molecule has 38 heavy (non-hydrogen) atoms. The molecule has 0 saturated heterocycles. The first-order valence-electron chi connectivity index (χ1n) is 13.3. The maximum absolute atomic E-state index is 9.68. The van der Waals surface area contributed by atoms with E-state index in [-0.39, 0.29) is 32.9 Å². The van der Waals surface area contributed by atoms with Gasteiger partial charge in [-0.05, 0) is 75.8 Å². The lowest BCUT2D eigenvalue weighted by atomic mass is 9.87. The SMILES string of the molecule is CC(C)(C)c1ccc([S+](c2ccc(C(C)(C)C)cc2)c2ccc(C(C)(C)C)cc2)cc1.CCCS(=O)(=O)[O-]. The van der Waals surface area contributed by atoms with Crippen molar-refractivity contribution < 1.29 is 13.0 Å². The predicted molar refractivity (Wildman–Crippen MR) is 162 cm³/mol. The first kappa shape index (κ1) is 32.1. The van der Waals surface area contributed by atoms with Gasteiger partial charge in [0.15, 0.2) is 14.7 Å². The number of hydrogen-bond acceptors (Lipinski definition) is 3. The second-order valence-corrected chi connectivity index (χ2v) is 16.4. The van der Waals surface area contributed by atoms with Crippen molar-refractivity contribution in [3.8, 4) is 0 Å². The van der Waals surface area contributed by atoms with Crippen LogP contribution in [0.3, 0.4) is 0 Å². The fourth-order valence-corrected chi connectivity index (χ4v) is 6.47. The highest BCUT2D eigenvalue weighted by Crippen LogP contribution is 2.35. The van der Waals surface area contributed by atoms with Gasteiger partial charge in [0.1, 0.15) is 0 Å². The van der Waals surface area contributed by atoms with Gasteiger partial charge in [-0.3, -0.25) is 0 Å². The normalized spacial score (nSPS) is 12.7. The minimum atomic E-state index is -3.92. The van der Waals surface area contributed by atoms with Gasteiger partial charge in [-0.2, -0.15) is 0 Å². The standard InChI is InChI=1S/C30H39S.C3H8O3S/c1-28(2,3)22-10-16-25(17-11-22)31(26-18-12-23(13-19-26)29(4,5)6)27-20-14-24(15-21-27)30(7,8)9;1-2-3-7(4,5)6/h10-21H,1-9H3;2-3H2,1H3,(H,4,5,6)/q+1;/p-1. The fourth-order valence-electron chi connectivity index (χ4n) is 3.93. The van der Waals surface area contributed by atoms with E-state index in [1.54, 1.807) is 6.92 Å². The summed E-state index contributed by atoms with van der Waals surface area (Å²) in [6.45, 7) is 22.1. The van der Waals surface area contributed by atoms with Crippen molar-refractivity contribution in [3.05, 3.63) is 89.5 Å². The zero-order valence-electron chi connectivity index (χ0n) is 24.9. The Kier molecular flexibility index (Phi) is 10.5. The highest BCUT2D eigenvalue weighted by atomic mass is 32.2. The summed E-state index contributed by atoms with van der Waals surface area (Å²) in [7, 11) is -4.04. The molecule has 3 aromatic carbocycles. The second-order valence-electron chi connectivity index (χ2n) is 12.9. The molecule has 0 aliphatic rings. The van der Waals surface area contributed by atoms with Gasteiger partial charge >= 0.3 is 0 Å². The number of hydrogen-bond donors (Lipinski definition) is 0. The van der Waals surface area contributed by atoms with Crippen molar-refractivity contribution >= 4 is 21.0 Å². The average Bonchev–Trinajstić information content (AvgIpc) is 2.78. The summed E-state index contributed by atoms with van der Waals surface area (Å²) >= 11 is 0. The Morgan fingerprint density at radius 1 is 0.553 bits per heavy atom. The molecule has 0 radical (unpaired) electrons. The summed E-state index contributed by atoms with van der Waals surface area (Å²) in [5, 5.41) is 0. The second kappa shape index (κ2) is 12.4. The third kappa shape index (κ3) is 9.59. The van der Waals surface area contributed by atoms with Gasteiger partial charge < -0.3 is 4.55 Å². The number of benzene rings is 3. The van der Waals surface area contributed by atoms with E-state index in [0.717, 1.165) is 0 Å². The molecule has 208 valence electrons. The number of rotatable bonds is 5. The molecule has 0 heterocycles. The van der Waals surface area contributed by atoms with Gasteiger partial charge in [-0.25, -0.2) is 8.42 Å². The Morgan fingerprint density at radius 3 is 0.921 bits per heavy atom. The molecule has 3 nitrogen and oxygen atoms in total. The zero-order valence-corrected chi connectivity index (χ0v) is 26.5. The van der Waals surface area contributed by atoms with Gasteiger partial charge in [-0.1, -0.05) is 106 Å². The van der Waals surface area contributed by atoms with E-state index in [4.69, 9.17) is 0 Å². The van der Waals surface area contributed by atoms with E-state index in [1.807, 2.05) is 0 Å². The largest absolute Gasteiger partial charge is 0.748 e. The molecule has 3 rings (SSSR count). The molecule has 3 aromatic rings. The quantitative estimate of drug-likeness (QED) is 0.234. The van der Waals surface area contributed by atoms with Crippen LogP contribution in [0, 0.1) is 0 Å². The van der Waals surface area contributed by atoms with Crippen LogP contribution in [-0.4, -0.2) is 18.7 Å². The third-order valence-electron chi connectivity index (χ3n) is 6.32. The molecule has 0 fully saturated rings. The summed E-state index contributed by atoms with van der Waals surface area (Å²) in [5.74, 6) is -0.243. The van der Waals surface area contributed by atoms with Gasteiger partial charge in [0.05, 0.1) is 21.0 Å². The molecule has 0 bridgehead atoms. The Labute approximate surface area is 235 Å². The molecule has 0 saturated carbocycles. The first-order valence-corrected chi connectivity index (χ1v) is 16.1. The minimum Gasteiger partial charge on any atom is -0.748 e. The van der Waals surface area contributed by atoms with Gasteiger partial charge in [0, 0.05) is 5.75 Å². The summed E-state index contributed by atoms with van der Waals surface area (Å²) in [4.78, 5) is 4.13. The van der Waals surface area contributed by atoms with E-state index < -0.39 is 10.1 Å². The van der Waals surface area contributed by atoms with Crippen LogP contribution in [-0.2, 0) is 37.3 Å². The van der Waals surface area contributed by atoms with Crippen molar-refractivity contribution in [2.75, 3.05) is 5.75 Å². The van der Waals surface area contributed by atoms with Crippen molar-refractivity contribution in [2.45, 2.75) is 107 Å². The van der Waals surface area contributed by atoms with E-state index in [2.05, 4.69) is 135 Å². The van der Waals surface area contributed by atoms with Crippen LogP contribution >= 0.6 is 0 Å². The highest BCUT2D eigenvalue weighted by molar-refractivity contribution is 7.97. The third-order valence-corrected chi connectivity index (χ3v) is 9.46. The Hall–Kier alpha value is -2.08. The maximum Gasteiger partial charge on any atom is 0.166 e.